The maximum absolute atomic E-state index is 12.0. The van der Waals surface area contributed by atoms with Gasteiger partial charge in [0, 0.05) is 6.42 Å². The summed E-state index contributed by atoms with van der Waals surface area (Å²) in [6.45, 7) is 2.17. The van der Waals surface area contributed by atoms with Crippen molar-refractivity contribution in [1.29, 1.82) is 0 Å². The number of carbonyl (C=O) groups excluding carboxylic acids is 1. The average Bonchev–Trinajstić information content (AvgIpc) is 3.22. The standard InChI is InChI=1S/C24H24O4/c1-2-28-23(27)16-15-22(17-5-3-4-6-17)24(18-7-11-20(25)12-8-18)19-9-13-21(26)14-10-19/h3-5,7-14,25-26H,2,6,15-16H2,1H3. The molecule has 0 aromatic heterocycles. The number of benzene rings is 2. The van der Waals surface area contributed by atoms with E-state index in [1.165, 1.54) is 0 Å². The Kier molecular flexibility index (Phi) is 6.33. The summed E-state index contributed by atoms with van der Waals surface area (Å²) in [5, 5.41) is 19.4. The third-order valence-corrected chi connectivity index (χ3v) is 4.66. The molecule has 0 aliphatic heterocycles. The van der Waals surface area contributed by atoms with Crippen molar-refractivity contribution in [2.24, 2.45) is 0 Å². The zero-order chi connectivity index (χ0) is 19.9. The quantitative estimate of drug-likeness (QED) is 0.658. The number of aromatic hydroxyl groups is 2. The van der Waals surface area contributed by atoms with E-state index < -0.39 is 0 Å². The maximum Gasteiger partial charge on any atom is 0.306 e. The second kappa shape index (κ2) is 9.09. The van der Waals surface area contributed by atoms with E-state index in [-0.39, 0.29) is 17.5 Å². The van der Waals surface area contributed by atoms with Crippen molar-refractivity contribution in [3.63, 3.8) is 0 Å². The fourth-order valence-corrected chi connectivity index (χ4v) is 3.35. The van der Waals surface area contributed by atoms with Crippen LogP contribution in [0.2, 0.25) is 0 Å². The lowest BCUT2D eigenvalue weighted by atomic mass is 9.86. The van der Waals surface area contributed by atoms with E-state index in [0.717, 1.165) is 34.3 Å². The molecule has 0 fully saturated rings. The van der Waals surface area contributed by atoms with Crippen LogP contribution in [0, 0.1) is 0 Å². The molecule has 0 saturated carbocycles. The van der Waals surface area contributed by atoms with E-state index in [9.17, 15) is 15.0 Å². The molecule has 28 heavy (non-hydrogen) atoms. The minimum Gasteiger partial charge on any atom is -0.508 e. The third-order valence-electron chi connectivity index (χ3n) is 4.66. The second-order valence-corrected chi connectivity index (χ2v) is 6.58. The number of phenols is 2. The topological polar surface area (TPSA) is 66.8 Å². The Hall–Kier alpha value is -3.27. The monoisotopic (exact) mass is 376 g/mol. The zero-order valence-electron chi connectivity index (χ0n) is 15.9. The first kappa shape index (κ1) is 19.5. The van der Waals surface area contributed by atoms with Gasteiger partial charge in [-0.25, -0.2) is 0 Å². The predicted molar refractivity (Wildman–Crippen MR) is 110 cm³/mol. The summed E-state index contributed by atoms with van der Waals surface area (Å²) < 4.78 is 5.11. The summed E-state index contributed by atoms with van der Waals surface area (Å²) in [5.41, 5.74) is 5.08. The van der Waals surface area contributed by atoms with Crippen molar-refractivity contribution in [1.82, 2.24) is 0 Å². The average molecular weight is 376 g/mol. The van der Waals surface area contributed by atoms with Crippen molar-refractivity contribution in [3.8, 4) is 11.5 Å². The van der Waals surface area contributed by atoms with Crippen molar-refractivity contribution in [2.75, 3.05) is 6.61 Å². The van der Waals surface area contributed by atoms with Gasteiger partial charge in [-0.05, 0) is 71.9 Å². The first-order chi connectivity index (χ1) is 13.6. The molecule has 0 heterocycles. The van der Waals surface area contributed by atoms with Crippen LogP contribution in [0.3, 0.4) is 0 Å². The van der Waals surface area contributed by atoms with Crippen LogP contribution in [0.25, 0.3) is 5.57 Å². The molecule has 1 aliphatic rings. The number of carbonyl (C=O) groups is 1. The molecule has 2 N–H and O–H groups in total. The highest BCUT2D eigenvalue weighted by atomic mass is 16.5. The molecule has 3 rings (SSSR count). The van der Waals surface area contributed by atoms with Gasteiger partial charge in [0.25, 0.3) is 0 Å². The van der Waals surface area contributed by atoms with Crippen LogP contribution in [-0.4, -0.2) is 22.8 Å². The van der Waals surface area contributed by atoms with Gasteiger partial charge in [0.1, 0.15) is 11.5 Å². The van der Waals surface area contributed by atoms with Gasteiger partial charge in [0.15, 0.2) is 0 Å². The maximum atomic E-state index is 12.0. The Morgan fingerprint density at radius 2 is 1.50 bits per heavy atom. The summed E-state index contributed by atoms with van der Waals surface area (Å²) >= 11 is 0. The lowest BCUT2D eigenvalue weighted by molar-refractivity contribution is -0.143. The van der Waals surface area contributed by atoms with Crippen LogP contribution in [-0.2, 0) is 9.53 Å². The number of phenolic OH excluding ortho intramolecular Hbond substituents is 2. The van der Waals surface area contributed by atoms with Gasteiger partial charge in [-0.15, -0.1) is 0 Å². The molecule has 2 aromatic carbocycles. The van der Waals surface area contributed by atoms with Crippen molar-refractivity contribution >= 4 is 11.5 Å². The highest BCUT2D eigenvalue weighted by Crippen LogP contribution is 2.36. The second-order valence-electron chi connectivity index (χ2n) is 6.58. The minimum atomic E-state index is -0.220. The first-order valence-electron chi connectivity index (χ1n) is 9.42. The lowest BCUT2D eigenvalue weighted by Crippen LogP contribution is -2.06. The fourth-order valence-electron chi connectivity index (χ4n) is 3.35. The minimum absolute atomic E-state index is 0.198. The molecule has 0 unspecified atom stereocenters. The number of rotatable bonds is 7. The summed E-state index contributed by atoms with van der Waals surface area (Å²) in [6, 6.07) is 14.1. The van der Waals surface area contributed by atoms with Gasteiger partial charge in [-0.1, -0.05) is 42.5 Å². The summed E-state index contributed by atoms with van der Waals surface area (Å²) in [4.78, 5) is 12.0. The Morgan fingerprint density at radius 3 is 1.96 bits per heavy atom. The molecule has 1 aliphatic carbocycles. The Bertz CT molecular complexity index is 869. The summed E-state index contributed by atoms with van der Waals surface area (Å²) in [5.74, 6) is 0.176. The Labute approximate surface area is 165 Å². The molecule has 0 bridgehead atoms. The van der Waals surface area contributed by atoms with Crippen molar-refractivity contribution < 1.29 is 19.7 Å². The van der Waals surface area contributed by atoms with Crippen LogP contribution < -0.4 is 0 Å². The van der Waals surface area contributed by atoms with E-state index in [4.69, 9.17) is 4.74 Å². The number of hydrogen-bond donors (Lipinski definition) is 2. The number of hydrogen-bond acceptors (Lipinski definition) is 4. The SMILES string of the molecule is CCOC(=O)CCC(C1=CC=CC1)=C(c1ccc(O)cc1)c1ccc(O)cc1. The summed E-state index contributed by atoms with van der Waals surface area (Å²) in [7, 11) is 0. The first-order valence-corrected chi connectivity index (χ1v) is 9.42. The molecule has 4 nitrogen and oxygen atoms in total. The molecule has 0 radical (unpaired) electrons. The molecular weight excluding hydrogens is 352 g/mol. The van der Waals surface area contributed by atoms with E-state index >= 15 is 0 Å². The van der Waals surface area contributed by atoms with Gasteiger partial charge in [0.2, 0.25) is 0 Å². The number of ether oxygens (including phenoxy) is 1. The molecule has 4 heteroatoms. The predicted octanol–water partition coefficient (Wildman–Crippen LogP) is 5.13. The molecule has 2 aromatic rings. The molecule has 0 saturated heterocycles. The Balaban J connectivity index is 2.12. The van der Waals surface area contributed by atoms with Gasteiger partial charge in [-0.3, -0.25) is 4.79 Å². The lowest BCUT2D eigenvalue weighted by Gasteiger charge is -2.18. The summed E-state index contributed by atoms with van der Waals surface area (Å²) in [6.07, 6.45) is 7.82. The Morgan fingerprint density at radius 1 is 0.929 bits per heavy atom. The van der Waals surface area contributed by atoms with Crippen LogP contribution in [0.5, 0.6) is 11.5 Å². The third kappa shape index (κ3) is 4.71. The largest absolute Gasteiger partial charge is 0.508 e. The van der Waals surface area contributed by atoms with Crippen LogP contribution in [0.4, 0.5) is 0 Å². The van der Waals surface area contributed by atoms with Crippen molar-refractivity contribution in [3.05, 3.63) is 89.0 Å². The van der Waals surface area contributed by atoms with E-state index in [1.807, 2.05) is 30.3 Å². The number of esters is 1. The normalized spacial score (nSPS) is 12.5. The molecular formula is C24H24O4. The van der Waals surface area contributed by atoms with E-state index in [2.05, 4.69) is 12.2 Å². The van der Waals surface area contributed by atoms with Gasteiger partial charge < -0.3 is 14.9 Å². The van der Waals surface area contributed by atoms with E-state index in [1.54, 1.807) is 31.2 Å². The molecule has 144 valence electrons. The molecule has 0 spiro atoms. The van der Waals surface area contributed by atoms with Gasteiger partial charge in [-0.2, -0.15) is 0 Å². The number of allylic oxidation sites excluding steroid dienone is 5. The highest BCUT2D eigenvalue weighted by molar-refractivity contribution is 5.86. The van der Waals surface area contributed by atoms with Gasteiger partial charge >= 0.3 is 5.97 Å². The van der Waals surface area contributed by atoms with Gasteiger partial charge in [0.05, 0.1) is 6.61 Å². The van der Waals surface area contributed by atoms with Crippen LogP contribution in [0.15, 0.2) is 77.9 Å². The van der Waals surface area contributed by atoms with E-state index in [0.29, 0.717) is 19.4 Å². The van der Waals surface area contributed by atoms with Crippen LogP contribution in [0.1, 0.15) is 37.3 Å². The van der Waals surface area contributed by atoms with Crippen molar-refractivity contribution in [2.45, 2.75) is 26.2 Å². The molecule has 0 amide bonds. The zero-order valence-corrected chi connectivity index (χ0v) is 15.9. The smallest absolute Gasteiger partial charge is 0.306 e. The fraction of sp³-hybridized carbons (Fsp3) is 0.208. The highest BCUT2D eigenvalue weighted by Gasteiger charge is 2.18. The van der Waals surface area contributed by atoms with Crippen LogP contribution >= 0.6 is 0 Å². The molecule has 0 atom stereocenters.